The van der Waals surface area contributed by atoms with Crippen LogP contribution < -0.4 is 5.32 Å². The zero-order chi connectivity index (χ0) is 17.2. The molecule has 0 aliphatic rings. The highest BCUT2D eigenvalue weighted by Gasteiger charge is 2.13. The van der Waals surface area contributed by atoms with E-state index in [4.69, 9.17) is 0 Å². The molecular formula is C18H12FN3OS2. The number of hydrogen-bond donors (Lipinski definition) is 1. The van der Waals surface area contributed by atoms with Crippen molar-refractivity contribution >= 4 is 43.9 Å². The van der Waals surface area contributed by atoms with Crippen LogP contribution in [0, 0.1) is 5.82 Å². The van der Waals surface area contributed by atoms with Crippen molar-refractivity contribution < 1.29 is 9.18 Å². The molecule has 0 aliphatic heterocycles. The molecule has 0 saturated carbocycles. The quantitative estimate of drug-likeness (QED) is 0.565. The number of thiazole rings is 2. The van der Waals surface area contributed by atoms with Crippen molar-refractivity contribution in [3.8, 4) is 10.6 Å². The van der Waals surface area contributed by atoms with Gasteiger partial charge in [0.05, 0.1) is 22.3 Å². The summed E-state index contributed by atoms with van der Waals surface area (Å²) in [5, 5.41) is 5.71. The van der Waals surface area contributed by atoms with E-state index in [0.717, 1.165) is 10.2 Å². The summed E-state index contributed by atoms with van der Waals surface area (Å²) in [6, 6.07) is 14.2. The van der Waals surface area contributed by atoms with Crippen molar-refractivity contribution in [2.24, 2.45) is 0 Å². The van der Waals surface area contributed by atoms with E-state index < -0.39 is 0 Å². The molecule has 0 atom stereocenters. The van der Waals surface area contributed by atoms with E-state index in [9.17, 15) is 9.18 Å². The number of nitrogens with zero attached hydrogens (tertiary/aromatic N) is 2. The molecular weight excluding hydrogens is 357 g/mol. The monoisotopic (exact) mass is 369 g/mol. The van der Waals surface area contributed by atoms with Gasteiger partial charge in [0, 0.05) is 10.9 Å². The largest absolute Gasteiger partial charge is 0.302 e. The summed E-state index contributed by atoms with van der Waals surface area (Å²) in [7, 11) is 0. The van der Waals surface area contributed by atoms with E-state index in [2.05, 4.69) is 15.3 Å². The number of benzene rings is 2. The summed E-state index contributed by atoms with van der Waals surface area (Å²) in [6.07, 6.45) is 0.126. The second-order valence-corrected chi connectivity index (χ2v) is 7.22. The Bertz CT molecular complexity index is 1020. The molecule has 0 radical (unpaired) electrons. The first-order valence-electron chi connectivity index (χ1n) is 7.54. The third-order valence-electron chi connectivity index (χ3n) is 3.54. The lowest BCUT2D eigenvalue weighted by Crippen LogP contribution is -2.14. The lowest BCUT2D eigenvalue weighted by atomic mass is 10.2. The van der Waals surface area contributed by atoms with Crippen molar-refractivity contribution in [3.63, 3.8) is 0 Å². The number of hydrogen-bond acceptors (Lipinski definition) is 5. The van der Waals surface area contributed by atoms with Gasteiger partial charge in [-0.15, -0.1) is 11.3 Å². The maximum absolute atomic E-state index is 13.8. The molecule has 1 amide bonds. The molecule has 0 bridgehead atoms. The summed E-state index contributed by atoms with van der Waals surface area (Å²) in [5.74, 6) is -0.508. The van der Waals surface area contributed by atoms with Crippen molar-refractivity contribution in [3.05, 3.63) is 65.4 Å². The average Bonchev–Trinajstić information content (AvgIpc) is 3.21. The van der Waals surface area contributed by atoms with Gasteiger partial charge in [-0.05, 0) is 24.3 Å². The van der Waals surface area contributed by atoms with E-state index in [-0.39, 0.29) is 18.1 Å². The summed E-state index contributed by atoms with van der Waals surface area (Å²) >= 11 is 2.75. The normalized spacial score (nSPS) is 10.9. The molecule has 0 spiro atoms. The topological polar surface area (TPSA) is 54.9 Å². The van der Waals surface area contributed by atoms with Crippen LogP contribution in [0.1, 0.15) is 5.69 Å². The Morgan fingerprint density at radius 1 is 1.08 bits per heavy atom. The Morgan fingerprint density at radius 2 is 1.88 bits per heavy atom. The van der Waals surface area contributed by atoms with E-state index >= 15 is 0 Å². The van der Waals surface area contributed by atoms with Gasteiger partial charge in [-0.3, -0.25) is 4.79 Å². The first kappa shape index (κ1) is 15.9. The number of nitrogens with one attached hydrogen (secondary N) is 1. The lowest BCUT2D eigenvalue weighted by molar-refractivity contribution is -0.115. The summed E-state index contributed by atoms with van der Waals surface area (Å²) < 4.78 is 14.8. The van der Waals surface area contributed by atoms with Gasteiger partial charge in [-0.1, -0.05) is 35.6 Å². The third-order valence-corrected chi connectivity index (χ3v) is 5.41. The maximum atomic E-state index is 13.8. The Morgan fingerprint density at radius 3 is 2.72 bits per heavy atom. The minimum Gasteiger partial charge on any atom is -0.302 e. The molecule has 0 fully saturated rings. The van der Waals surface area contributed by atoms with Crippen LogP contribution in [0.3, 0.4) is 0 Å². The predicted molar refractivity (Wildman–Crippen MR) is 99.5 cm³/mol. The lowest BCUT2D eigenvalue weighted by Gasteiger charge is -1.99. The van der Waals surface area contributed by atoms with Crippen molar-refractivity contribution in [1.82, 2.24) is 9.97 Å². The Balaban J connectivity index is 1.47. The van der Waals surface area contributed by atoms with Gasteiger partial charge in [-0.25, -0.2) is 14.4 Å². The van der Waals surface area contributed by atoms with Crippen LogP contribution in [-0.2, 0) is 11.2 Å². The van der Waals surface area contributed by atoms with Gasteiger partial charge in [0.15, 0.2) is 5.13 Å². The summed E-state index contributed by atoms with van der Waals surface area (Å²) in [4.78, 5) is 21.0. The van der Waals surface area contributed by atoms with Crippen molar-refractivity contribution in [2.45, 2.75) is 6.42 Å². The maximum Gasteiger partial charge on any atom is 0.232 e. The van der Waals surface area contributed by atoms with Crippen LogP contribution in [-0.4, -0.2) is 15.9 Å². The van der Waals surface area contributed by atoms with Gasteiger partial charge in [0.2, 0.25) is 5.91 Å². The molecule has 4 aromatic rings. The number of rotatable bonds is 4. The Labute approximate surface area is 151 Å². The fourth-order valence-corrected chi connectivity index (χ4v) is 4.13. The van der Waals surface area contributed by atoms with Gasteiger partial charge in [0.25, 0.3) is 0 Å². The first-order chi connectivity index (χ1) is 12.2. The van der Waals surface area contributed by atoms with Crippen LogP contribution in [0.25, 0.3) is 20.8 Å². The molecule has 0 aliphatic carbocycles. The highest BCUT2D eigenvalue weighted by molar-refractivity contribution is 7.22. The van der Waals surface area contributed by atoms with E-state index in [1.54, 1.807) is 23.6 Å². The van der Waals surface area contributed by atoms with Gasteiger partial charge in [0.1, 0.15) is 10.8 Å². The second-order valence-electron chi connectivity index (χ2n) is 5.34. The molecule has 2 aromatic heterocycles. The first-order valence-corrected chi connectivity index (χ1v) is 9.23. The number of anilines is 1. The highest BCUT2D eigenvalue weighted by Crippen LogP contribution is 2.27. The van der Waals surface area contributed by atoms with Gasteiger partial charge >= 0.3 is 0 Å². The zero-order valence-corrected chi connectivity index (χ0v) is 14.5. The molecule has 0 unspecified atom stereocenters. The predicted octanol–water partition coefficient (Wildman–Crippen LogP) is 4.74. The number of fused-ring (bicyclic) bond motifs is 1. The smallest absolute Gasteiger partial charge is 0.232 e. The Kier molecular flexibility index (Phi) is 4.25. The van der Waals surface area contributed by atoms with Crippen LogP contribution in [0.5, 0.6) is 0 Å². The number of halogens is 1. The number of para-hydroxylation sites is 1. The van der Waals surface area contributed by atoms with Crippen molar-refractivity contribution in [1.29, 1.82) is 0 Å². The molecule has 4 rings (SSSR count). The molecule has 124 valence electrons. The van der Waals surface area contributed by atoms with Gasteiger partial charge in [-0.2, -0.15) is 0 Å². The fraction of sp³-hybridized carbons (Fsp3) is 0.0556. The molecule has 25 heavy (non-hydrogen) atoms. The summed E-state index contributed by atoms with van der Waals surface area (Å²) in [6.45, 7) is 0. The number of amides is 1. The van der Waals surface area contributed by atoms with E-state index in [1.807, 2.05) is 24.3 Å². The van der Waals surface area contributed by atoms with Gasteiger partial charge < -0.3 is 5.32 Å². The molecule has 7 heteroatoms. The minimum atomic E-state index is -0.317. The van der Waals surface area contributed by atoms with Crippen molar-refractivity contribution in [2.75, 3.05) is 5.32 Å². The van der Waals surface area contributed by atoms with Crippen LogP contribution in [0.15, 0.2) is 53.9 Å². The number of carbonyl (C=O) groups excluding carboxylic acids is 1. The second kappa shape index (κ2) is 6.70. The third kappa shape index (κ3) is 3.42. The standard InChI is InChI=1S/C18H12FN3OS2/c19-13-6-2-1-5-12(13)17-20-11(10-24-17)9-16(23)22-18-21-14-7-3-4-8-15(14)25-18/h1-8,10H,9H2,(H,21,22,23). The number of aromatic nitrogens is 2. The van der Waals surface area contributed by atoms with Crippen LogP contribution in [0.2, 0.25) is 0 Å². The molecule has 0 saturated heterocycles. The fourth-order valence-electron chi connectivity index (χ4n) is 2.40. The van der Waals surface area contributed by atoms with Crippen LogP contribution >= 0.6 is 22.7 Å². The molecule has 4 nitrogen and oxygen atoms in total. The minimum absolute atomic E-state index is 0.126. The number of carbonyl (C=O) groups is 1. The Hall–Kier alpha value is -2.64. The average molecular weight is 369 g/mol. The molecule has 1 N–H and O–H groups in total. The summed E-state index contributed by atoms with van der Waals surface area (Å²) in [5.41, 5.74) is 1.92. The van der Waals surface area contributed by atoms with E-state index in [1.165, 1.54) is 28.7 Å². The SMILES string of the molecule is O=C(Cc1csc(-c2ccccc2F)n1)Nc1nc2ccccc2s1. The van der Waals surface area contributed by atoms with E-state index in [0.29, 0.717) is 21.4 Å². The highest BCUT2D eigenvalue weighted by atomic mass is 32.1. The molecule has 2 heterocycles. The van der Waals surface area contributed by atoms with Crippen LogP contribution in [0.4, 0.5) is 9.52 Å². The zero-order valence-electron chi connectivity index (χ0n) is 12.9. The molecule has 2 aromatic carbocycles.